The molecular formula is C15H20N2O3S. The molecule has 1 aromatic rings. The number of benzene rings is 1. The van der Waals surface area contributed by atoms with Gasteiger partial charge < -0.3 is 4.90 Å². The molecule has 1 aromatic carbocycles. The summed E-state index contributed by atoms with van der Waals surface area (Å²) in [7, 11) is -1.26. The van der Waals surface area contributed by atoms with Crippen LogP contribution < -0.4 is 4.90 Å². The minimum absolute atomic E-state index is 0.0880. The number of nitrogens with zero attached hydrogens (tertiary/aromatic N) is 2. The summed E-state index contributed by atoms with van der Waals surface area (Å²) >= 11 is 0. The van der Waals surface area contributed by atoms with Gasteiger partial charge >= 0.3 is 6.03 Å². The van der Waals surface area contributed by atoms with Gasteiger partial charge in [0.2, 0.25) is 0 Å². The van der Waals surface area contributed by atoms with Crippen LogP contribution in [-0.4, -0.2) is 50.5 Å². The second-order valence-electron chi connectivity index (χ2n) is 5.83. The van der Waals surface area contributed by atoms with Gasteiger partial charge in [-0.3, -0.25) is 4.90 Å². The number of anilines is 1. The van der Waals surface area contributed by atoms with Crippen LogP contribution >= 0.6 is 0 Å². The van der Waals surface area contributed by atoms with E-state index >= 15 is 0 Å². The van der Waals surface area contributed by atoms with E-state index < -0.39 is 9.84 Å². The van der Waals surface area contributed by atoms with E-state index in [9.17, 15) is 13.2 Å². The average Bonchev–Trinajstić information content (AvgIpc) is 2.85. The molecule has 1 fully saturated rings. The maximum Gasteiger partial charge on any atom is 0.324 e. The summed E-state index contributed by atoms with van der Waals surface area (Å²) in [4.78, 5) is 16.1. The van der Waals surface area contributed by atoms with Crippen LogP contribution in [0.4, 0.5) is 10.5 Å². The lowest BCUT2D eigenvalue weighted by Crippen LogP contribution is -2.48. The smallest absolute Gasteiger partial charge is 0.323 e. The molecule has 2 aliphatic heterocycles. The van der Waals surface area contributed by atoms with Gasteiger partial charge in [0.25, 0.3) is 0 Å². The van der Waals surface area contributed by atoms with E-state index in [4.69, 9.17) is 0 Å². The minimum atomic E-state index is -2.98. The van der Waals surface area contributed by atoms with Crippen molar-refractivity contribution < 1.29 is 13.2 Å². The Labute approximate surface area is 125 Å². The van der Waals surface area contributed by atoms with Crippen LogP contribution in [0.1, 0.15) is 18.4 Å². The first-order valence-corrected chi connectivity index (χ1v) is 9.13. The van der Waals surface area contributed by atoms with Gasteiger partial charge in [0.1, 0.15) is 0 Å². The molecule has 2 amide bonds. The Kier molecular flexibility index (Phi) is 3.65. The number of hydrogen-bond donors (Lipinski definition) is 0. The van der Waals surface area contributed by atoms with E-state index in [1.165, 1.54) is 5.56 Å². The third-order valence-corrected chi connectivity index (χ3v) is 6.15. The van der Waals surface area contributed by atoms with E-state index in [0.717, 1.165) is 18.5 Å². The summed E-state index contributed by atoms with van der Waals surface area (Å²) in [5.74, 6) is 0.274. The van der Waals surface area contributed by atoms with Gasteiger partial charge in [-0.15, -0.1) is 0 Å². The Morgan fingerprint density at radius 3 is 2.81 bits per heavy atom. The van der Waals surface area contributed by atoms with E-state index in [1.54, 1.807) is 16.8 Å². The zero-order valence-corrected chi connectivity index (χ0v) is 13.0. The van der Waals surface area contributed by atoms with Gasteiger partial charge in [-0.25, -0.2) is 13.2 Å². The highest BCUT2D eigenvalue weighted by Crippen LogP contribution is 2.28. The highest BCUT2D eigenvalue weighted by molar-refractivity contribution is 7.91. The third-order valence-electron chi connectivity index (χ3n) is 4.40. The Morgan fingerprint density at radius 2 is 2.10 bits per heavy atom. The number of hydrogen-bond acceptors (Lipinski definition) is 3. The van der Waals surface area contributed by atoms with Crippen molar-refractivity contribution in [1.82, 2.24) is 4.90 Å². The Morgan fingerprint density at radius 1 is 1.33 bits per heavy atom. The summed E-state index contributed by atoms with van der Waals surface area (Å²) in [5, 5.41) is 0. The fourth-order valence-corrected chi connectivity index (χ4v) is 4.93. The first kappa shape index (κ1) is 14.4. The molecule has 21 heavy (non-hydrogen) atoms. The normalized spacial score (nSPS) is 23.7. The number of fused-ring (bicyclic) bond motifs is 1. The topological polar surface area (TPSA) is 57.7 Å². The largest absolute Gasteiger partial charge is 0.324 e. The molecule has 1 saturated heterocycles. The van der Waals surface area contributed by atoms with E-state index in [1.807, 2.05) is 18.2 Å². The molecule has 0 aromatic heterocycles. The molecule has 3 rings (SSSR count). The van der Waals surface area contributed by atoms with Crippen molar-refractivity contribution in [2.75, 3.05) is 30.0 Å². The van der Waals surface area contributed by atoms with Crippen molar-refractivity contribution in [1.29, 1.82) is 0 Å². The van der Waals surface area contributed by atoms with Crippen LogP contribution in [0.2, 0.25) is 0 Å². The molecule has 1 unspecified atom stereocenters. The lowest BCUT2D eigenvalue weighted by Gasteiger charge is -2.34. The standard InChI is InChI=1S/C15H20N2O3S/c1-16(13-8-10-21(19,20)11-13)15(18)17-9-4-6-12-5-2-3-7-14(12)17/h2-3,5,7,13H,4,6,8-11H2,1H3. The summed E-state index contributed by atoms with van der Waals surface area (Å²) < 4.78 is 23.2. The second kappa shape index (κ2) is 5.33. The quantitative estimate of drug-likeness (QED) is 0.793. The molecule has 2 aliphatic rings. The zero-order chi connectivity index (χ0) is 15.0. The molecule has 0 spiro atoms. The number of sulfone groups is 1. The summed E-state index contributed by atoms with van der Waals surface area (Å²) in [6.45, 7) is 0.694. The molecule has 5 nitrogen and oxygen atoms in total. The van der Waals surface area contributed by atoms with Gasteiger partial charge in [0.15, 0.2) is 9.84 Å². The van der Waals surface area contributed by atoms with Gasteiger partial charge in [-0.05, 0) is 30.9 Å². The molecular weight excluding hydrogens is 288 g/mol. The lowest BCUT2D eigenvalue weighted by atomic mass is 10.0. The van der Waals surface area contributed by atoms with Crippen molar-refractivity contribution in [3.8, 4) is 0 Å². The predicted molar refractivity (Wildman–Crippen MR) is 82.3 cm³/mol. The Hall–Kier alpha value is -1.56. The third kappa shape index (κ3) is 2.77. The van der Waals surface area contributed by atoms with E-state index in [2.05, 4.69) is 6.07 Å². The molecule has 0 saturated carbocycles. The van der Waals surface area contributed by atoms with Crippen LogP contribution in [0.15, 0.2) is 24.3 Å². The molecule has 0 N–H and O–H groups in total. The molecule has 0 bridgehead atoms. The van der Waals surface area contributed by atoms with Crippen LogP contribution in [0.5, 0.6) is 0 Å². The van der Waals surface area contributed by atoms with Crippen molar-refractivity contribution in [3.05, 3.63) is 29.8 Å². The van der Waals surface area contributed by atoms with Crippen molar-refractivity contribution in [2.24, 2.45) is 0 Å². The number of carbonyl (C=O) groups excluding carboxylic acids is 1. The van der Waals surface area contributed by atoms with Gasteiger partial charge in [-0.1, -0.05) is 18.2 Å². The van der Waals surface area contributed by atoms with Crippen LogP contribution in [0.25, 0.3) is 0 Å². The first-order valence-electron chi connectivity index (χ1n) is 7.30. The fourth-order valence-electron chi connectivity index (χ4n) is 3.16. The van der Waals surface area contributed by atoms with Gasteiger partial charge in [0.05, 0.1) is 11.5 Å². The van der Waals surface area contributed by atoms with Gasteiger partial charge in [0, 0.05) is 25.3 Å². The highest BCUT2D eigenvalue weighted by atomic mass is 32.2. The maximum absolute atomic E-state index is 12.7. The molecule has 1 atom stereocenters. The van der Waals surface area contributed by atoms with Crippen molar-refractivity contribution in [2.45, 2.75) is 25.3 Å². The molecule has 6 heteroatoms. The summed E-state index contributed by atoms with van der Waals surface area (Å²) in [6, 6.07) is 7.64. The van der Waals surface area contributed by atoms with Crippen LogP contribution in [0, 0.1) is 0 Å². The molecule has 0 radical (unpaired) electrons. The fraction of sp³-hybridized carbons (Fsp3) is 0.533. The summed E-state index contributed by atoms with van der Waals surface area (Å²) in [6.07, 6.45) is 2.47. The SMILES string of the molecule is CN(C(=O)N1CCCc2ccccc21)C1CCS(=O)(=O)C1. The van der Waals surface area contributed by atoms with Gasteiger partial charge in [-0.2, -0.15) is 0 Å². The maximum atomic E-state index is 12.7. The first-order chi connectivity index (χ1) is 9.98. The number of urea groups is 1. The Balaban J connectivity index is 1.80. The van der Waals surface area contributed by atoms with Crippen LogP contribution in [-0.2, 0) is 16.3 Å². The lowest BCUT2D eigenvalue weighted by molar-refractivity contribution is 0.201. The number of carbonyl (C=O) groups is 1. The van der Waals surface area contributed by atoms with Crippen LogP contribution in [0.3, 0.4) is 0 Å². The molecule has 0 aliphatic carbocycles. The molecule has 2 heterocycles. The van der Waals surface area contributed by atoms with E-state index in [-0.39, 0.29) is 23.6 Å². The van der Waals surface area contributed by atoms with Crippen molar-refractivity contribution >= 4 is 21.6 Å². The zero-order valence-electron chi connectivity index (χ0n) is 12.2. The van der Waals surface area contributed by atoms with Crippen molar-refractivity contribution in [3.63, 3.8) is 0 Å². The highest BCUT2D eigenvalue weighted by Gasteiger charge is 2.35. The number of amides is 2. The number of para-hydroxylation sites is 1. The van der Waals surface area contributed by atoms with E-state index in [0.29, 0.717) is 13.0 Å². The Bertz CT molecular complexity index is 657. The minimum Gasteiger partial charge on any atom is -0.323 e. The average molecular weight is 308 g/mol. The second-order valence-corrected chi connectivity index (χ2v) is 8.06. The number of rotatable bonds is 1. The monoisotopic (exact) mass is 308 g/mol. The molecule has 114 valence electrons. The predicted octanol–water partition coefficient (Wildman–Crippen LogP) is 1.68. The summed E-state index contributed by atoms with van der Waals surface area (Å²) in [5.41, 5.74) is 2.14. The number of aryl methyl sites for hydroxylation is 1.